The Kier molecular flexibility index (Phi) is 4.66. The molecule has 4 heteroatoms. The first kappa shape index (κ1) is 24.3. The molecule has 0 unspecified atom stereocenters. The number of rotatable bonds is 2. The summed E-state index contributed by atoms with van der Waals surface area (Å²) in [7, 11) is 0. The lowest BCUT2D eigenvalue weighted by Crippen LogP contribution is -2.02. The van der Waals surface area contributed by atoms with Crippen molar-refractivity contribution in [3.05, 3.63) is 139 Å². The lowest BCUT2D eigenvalue weighted by Gasteiger charge is -2.14. The number of furan rings is 2. The smallest absolute Gasteiger partial charge is 0.136 e. The molecule has 0 saturated heterocycles. The van der Waals surface area contributed by atoms with Gasteiger partial charge >= 0.3 is 0 Å². The van der Waals surface area contributed by atoms with E-state index in [1.807, 2.05) is 12.1 Å². The molecule has 4 nitrogen and oxygen atoms in total. The van der Waals surface area contributed by atoms with Crippen molar-refractivity contribution < 1.29 is 8.83 Å². The van der Waals surface area contributed by atoms with Gasteiger partial charge in [-0.3, -0.25) is 0 Å². The average Bonchev–Trinajstić information content (AvgIpc) is 3.85. The van der Waals surface area contributed by atoms with Crippen LogP contribution in [0.25, 0.3) is 94.0 Å². The molecule has 0 N–H and O–H groups in total. The number of aromatic nitrogens is 2. The van der Waals surface area contributed by atoms with E-state index in [2.05, 4.69) is 130 Å². The summed E-state index contributed by atoms with van der Waals surface area (Å²) in [5.74, 6) is 0. The highest BCUT2D eigenvalue weighted by Crippen LogP contribution is 2.44. The third-order valence-corrected chi connectivity index (χ3v) is 9.97. The van der Waals surface area contributed by atoms with Gasteiger partial charge < -0.3 is 18.0 Å². The van der Waals surface area contributed by atoms with Gasteiger partial charge in [0.1, 0.15) is 22.3 Å². The zero-order chi connectivity index (χ0) is 29.9. The Morgan fingerprint density at radius 1 is 0.457 bits per heavy atom. The van der Waals surface area contributed by atoms with Crippen molar-refractivity contribution in [3.8, 4) is 11.4 Å². The van der Waals surface area contributed by atoms with Gasteiger partial charge in [-0.15, -0.1) is 0 Å². The van der Waals surface area contributed by atoms with Crippen LogP contribution in [-0.4, -0.2) is 9.13 Å². The Morgan fingerprint density at radius 3 is 1.80 bits per heavy atom. The molecule has 0 atom stereocenters. The van der Waals surface area contributed by atoms with Gasteiger partial charge in [-0.05, 0) is 85.1 Å². The highest BCUT2D eigenvalue weighted by atomic mass is 16.3. The Bertz CT molecular complexity index is 2920. The summed E-state index contributed by atoms with van der Waals surface area (Å²) in [5.41, 5.74) is 12.2. The lowest BCUT2D eigenvalue weighted by atomic mass is 9.98. The predicted octanol–water partition coefficient (Wildman–Crippen LogP) is 11.5. The molecule has 0 spiro atoms. The first-order chi connectivity index (χ1) is 22.8. The van der Waals surface area contributed by atoms with Gasteiger partial charge in [0.05, 0.1) is 16.6 Å². The van der Waals surface area contributed by atoms with Gasteiger partial charge in [0.25, 0.3) is 0 Å². The molecule has 6 aromatic carbocycles. The fourth-order valence-corrected chi connectivity index (χ4v) is 8.14. The summed E-state index contributed by atoms with van der Waals surface area (Å²) >= 11 is 0. The van der Waals surface area contributed by atoms with Crippen molar-refractivity contribution in [1.29, 1.82) is 0 Å². The maximum atomic E-state index is 6.33. The summed E-state index contributed by atoms with van der Waals surface area (Å²) in [6.07, 6.45) is 6.66. The van der Waals surface area contributed by atoms with Crippen LogP contribution < -0.4 is 0 Å². The van der Waals surface area contributed by atoms with E-state index in [0.717, 1.165) is 51.9 Å². The molecular weight excluding hydrogens is 564 g/mol. The van der Waals surface area contributed by atoms with Gasteiger partial charge in [0.2, 0.25) is 0 Å². The molecule has 4 heterocycles. The highest BCUT2D eigenvalue weighted by molar-refractivity contribution is 6.27. The van der Waals surface area contributed by atoms with E-state index in [1.54, 1.807) is 0 Å². The molecular formula is C42H26N2O2. The Morgan fingerprint density at radius 2 is 1.07 bits per heavy atom. The van der Waals surface area contributed by atoms with E-state index < -0.39 is 0 Å². The van der Waals surface area contributed by atoms with Crippen LogP contribution in [0.5, 0.6) is 0 Å². The first-order valence-electron chi connectivity index (χ1n) is 15.9. The maximum absolute atomic E-state index is 6.33. The minimum atomic E-state index is 0.917. The quantitative estimate of drug-likeness (QED) is 0.201. The van der Waals surface area contributed by atoms with Gasteiger partial charge in [0.15, 0.2) is 0 Å². The number of fused-ring (bicyclic) bond motifs is 14. The second kappa shape index (κ2) is 8.80. The van der Waals surface area contributed by atoms with Crippen molar-refractivity contribution in [2.45, 2.75) is 12.8 Å². The van der Waals surface area contributed by atoms with Gasteiger partial charge in [0, 0.05) is 54.8 Å². The predicted molar refractivity (Wildman–Crippen MR) is 190 cm³/mol. The molecule has 216 valence electrons. The normalized spacial score (nSPS) is 13.4. The number of allylic oxidation sites excluding steroid dienone is 1. The van der Waals surface area contributed by atoms with Gasteiger partial charge in [-0.1, -0.05) is 66.7 Å². The topological polar surface area (TPSA) is 36.1 Å². The minimum Gasteiger partial charge on any atom is -0.456 e. The molecule has 10 aromatic rings. The molecule has 0 aliphatic heterocycles. The van der Waals surface area contributed by atoms with Crippen LogP contribution in [-0.2, 0) is 6.42 Å². The molecule has 0 bridgehead atoms. The van der Waals surface area contributed by atoms with Crippen LogP contribution in [0.15, 0.2) is 136 Å². The zero-order valence-corrected chi connectivity index (χ0v) is 24.8. The van der Waals surface area contributed by atoms with Crippen LogP contribution in [0.2, 0.25) is 0 Å². The van der Waals surface area contributed by atoms with Crippen molar-refractivity contribution in [3.63, 3.8) is 0 Å². The largest absolute Gasteiger partial charge is 0.456 e. The second-order valence-corrected chi connectivity index (χ2v) is 12.4. The van der Waals surface area contributed by atoms with Crippen LogP contribution in [0, 0.1) is 0 Å². The first-order valence-corrected chi connectivity index (χ1v) is 15.9. The maximum Gasteiger partial charge on any atom is 0.136 e. The van der Waals surface area contributed by atoms with Crippen molar-refractivity contribution >= 4 is 82.7 Å². The molecule has 0 radical (unpaired) electrons. The molecule has 1 aliphatic carbocycles. The number of benzene rings is 6. The molecule has 0 saturated carbocycles. The molecule has 0 fully saturated rings. The summed E-state index contributed by atoms with van der Waals surface area (Å²) in [4.78, 5) is 0. The summed E-state index contributed by atoms with van der Waals surface area (Å²) in [6.45, 7) is 0. The molecule has 1 aliphatic rings. The molecule has 4 aromatic heterocycles. The number of para-hydroxylation sites is 3. The van der Waals surface area contributed by atoms with E-state index in [-0.39, 0.29) is 0 Å². The average molecular weight is 591 g/mol. The van der Waals surface area contributed by atoms with Crippen molar-refractivity contribution in [1.82, 2.24) is 9.13 Å². The van der Waals surface area contributed by atoms with Crippen LogP contribution in [0.4, 0.5) is 0 Å². The minimum absolute atomic E-state index is 0.917. The molecule has 46 heavy (non-hydrogen) atoms. The van der Waals surface area contributed by atoms with E-state index in [9.17, 15) is 0 Å². The number of aryl methyl sites for hydroxylation is 1. The third-order valence-electron chi connectivity index (χ3n) is 9.97. The zero-order valence-electron chi connectivity index (χ0n) is 24.8. The van der Waals surface area contributed by atoms with Gasteiger partial charge in [-0.25, -0.2) is 0 Å². The number of hydrogen-bond acceptors (Lipinski definition) is 2. The van der Waals surface area contributed by atoms with E-state index in [1.165, 1.54) is 60.1 Å². The standard InChI is InChI=1S/C42H26N2O2/c1-5-16-31-27(12-1)39-33(20-22-37-41(39)29-14-3-7-18-35(29)45-37)43(31)25-10-9-11-26(24-25)44-32-17-6-2-13-28(32)40-34(44)21-23-38-42(40)30-15-4-8-19-36(30)46-38/h1,3-12,14-24H,2,13H2. The molecule has 0 amide bonds. The van der Waals surface area contributed by atoms with E-state index >= 15 is 0 Å². The Balaban J connectivity index is 1.22. The van der Waals surface area contributed by atoms with Crippen molar-refractivity contribution in [2.75, 3.05) is 0 Å². The SMILES string of the molecule is C1=Cc2c(c3c4c(ccc3n2-c2cccc(-n3c5ccccc5c5c6c(ccc53)oc3ccccc36)c2)oc2ccccc24)CC1. The fourth-order valence-electron chi connectivity index (χ4n) is 8.14. The number of nitrogens with zero attached hydrogens (tertiary/aromatic N) is 2. The van der Waals surface area contributed by atoms with E-state index in [4.69, 9.17) is 8.83 Å². The van der Waals surface area contributed by atoms with E-state index in [0.29, 0.717) is 0 Å². The third kappa shape index (κ3) is 3.08. The summed E-state index contributed by atoms with van der Waals surface area (Å²) in [6, 6.07) is 43.2. The number of hydrogen-bond donors (Lipinski definition) is 0. The Hall–Kier alpha value is -6.00. The van der Waals surface area contributed by atoms with Crippen LogP contribution in [0.1, 0.15) is 17.7 Å². The summed E-state index contributed by atoms with van der Waals surface area (Å²) < 4.78 is 17.5. The fraction of sp³-hybridized carbons (Fsp3) is 0.0476. The van der Waals surface area contributed by atoms with Crippen LogP contribution >= 0.6 is 0 Å². The molecule has 11 rings (SSSR count). The highest BCUT2D eigenvalue weighted by Gasteiger charge is 2.24. The van der Waals surface area contributed by atoms with Crippen molar-refractivity contribution in [2.24, 2.45) is 0 Å². The Labute approximate surface area is 263 Å². The lowest BCUT2D eigenvalue weighted by molar-refractivity contribution is 0.669. The second-order valence-electron chi connectivity index (χ2n) is 12.4. The summed E-state index contributed by atoms with van der Waals surface area (Å²) in [5, 5.41) is 8.47. The van der Waals surface area contributed by atoms with Gasteiger partial charge in [-0.2, -0.15) is 0 Å². The monoisotopic (exact) mass is 590 g/mol. The van der Waals surface area contributed by atoms with Crippen LogP contribution in [0.3, 0.4) is 0 Å².